The molecule has 4 nitrogen and oxygen atoms in total. The minimum absolute atomic E-state index is 0.0224. The van der Waals surface area contributed by atoms with Crippen LogP contribution in [0.2, 0.25) is 10.0 Å². The van der Waals surface area contributed by atoms with E-state index in [1.807, 2.05) is 6.92 Å². The summed E-state index contributed by atoms with van der Waals surface area (Å²) in [5, 5.41) is 7.22. The van der Waals surface area contributed by atoms with Crippen LogP contribution in [0.5, 0.6) is 0 Å². The van der Waals surface area contributed by atoms with Gasteiger partial charge in [-0.2, -0.15) is 4.98 Å². The topological polar surface area (TPSA) is 51.0 Å². The Morgan fingerprint density at radius 2 is 2.16 bits per heavy atom. The second-order valence-corrected chi connectivity index (χ2v) is 4.88. The number of rotatable bonds is 4. The first-order valence-corrected chi connectivity index (χ1v) is 6.40. The van der Waals surface area contributed by atoms with Crippen molar-refractivity contribution in [1.82, 2.24) is 15.5 Å². The van der Waals surface area contributed by atoms with E-state index in [2.05, 4.69) is 15.5 Å². The van der Waals surface area contributed by atoms with Crippen LogP contribution in [-0.4, -0.2) is 10.1 Å². The average molecular weight is 304 g/mol. The first-order valence-electron chi connectivity index (χ1n) is 5.65. The third-order valence-electron chi connectivity index (χ3n) is 2.64. The van der Waals surface area contributed by atoms with Gasteiger partial charge in [0.2, 0.25) is 5.89 Å². The molecule has 1 aromatic heterocycles. The molecule has 0 amide bonds. The number of aromatic nitrogens is 2. The Morgan fingerprint density at radius 3 is 2.79 bits per heavy atom. The van der Waals surface area contributed by atoms with Gasteiger partial charge < -0.3 is 9.84 Å². The number of halogens is 3. The van der Waals surface area contributed by atoms with Crippen LogP contribution >= 0.6 is 23.2 Å². The van der Waals surface area contributed by atoms with Crippen molar-refractivity contribution in [2.75, 3.05) is 0 Å². The Bertz CT molecular complexity index is 588. The van der Waals surface area contributed by atoms with Gasteiger partial charge >= 0.3 is 0 Å². The Morgan fingerprint density at radius 1 is 1.42 bits per heavy atom. The molecule has 2 rings (SSSR count). The number of nitrogens with zero attached hydrogens (tertiary/aromatic N) is 2. The van der Waals surface area contributed by atoms with E-state index in [0.29, 0.717) is 28.8 Å². The number of benzene rings is 1. The number of hydrogen-bond donors (Lipinski definition) is 1. The maximum absolute atomic E-state index is 13.4. The maximum Gasteiger partial charge on any atom is 0.240 e. The summed E-state index contributed by atoms with van der Waals surface area (Å²) in [6.07, 6.45) is 0. The molecule has 1 aromatic carbocycles. The fraction of sp³-hybridized carbons (Fsp3) is 0.333. The number of nitrogens with one attached hydrogen (secondary N) is 1. The highest BCUT2D eigenvalue weighted by molar-refractivity contribution is 6.36. The molecule has 0 saturated heterocycles. The van der Waals surface area contributed by atoms with Crippen molar-refractivity contribution in [2.24, 2.45) is 0 Å². The minimum atomic E-state index is -0.497. The van der Waals surface area contributed by atoms with Crippen molar-refractivity contribution in [3.63, 3.8) is 0 Å². The van der Waals surface area contributed by atoms with Crippen molar-refractivity contribution >= 4 is 23.2 Å². The van der Waals surface area contributed by atoms with E-state index < -0.39 is 5.82 Å². The van der Waals surface area contributed by atoms with Gasteiger partial charge in [0, 0.05) is 16.6 Å². The molecule has 7 heteroatoms. The first kappa shape index (κ1) is 14.2. The molecule has 0 aliphatic carbocycles. The van der Waals surface area contributed by atoms with Gasteiger partial charge in [-0.1, -0.05) is 28.4 Å². The van der Waals surface area contributed by atoms with Crippen LogP contribution < -0.4 is 5.32 Å². The van der Waals surface area contributed by atoms with Crippen LogP contribution in [0, 0.1) is 12.7 Å². The maximum atomic E-state index is 13.4. The molecule has 1 atom stereocenters. The molecule has 2 aromatic rings. The third-order valence-corrected chi connectivity index (χ3v) is 3.36. The quantitative estimate of drug-likeness (QED) is 0.876. The summed E-state index contributed by atoms with van der Waals surface area (Å²) < 4.78 is 18.4. The Kier molecular flexibility index (Phi) is 4.39. The molecule has 0 fully saturated rings. The lowest BCUT2D eigenvalue weighted by atomic mass is 10.1. The summed E-state index contributed by atoms with van der Waals surface area (Å²) >= 11 is 12.0. The number of aryl methyl sites for hydroxylation is 1. The molecule has 0 aliphatic heterocycles. The predicted octanol–water partition coefficient (Wildman–Crippen LogP) is 3.67. The molecule has 0 saturated carbocycles. The van der Waals surface area contributed by atoms with Gasteiger partial charge in [-0.25, -0.2) is 4.39 Å². The Balaban J connectivity index is 2.12. The molecule has 0 radical (unpaired) electrons. The SMILES string of the molecule is Cc1noc(CNC(C)c2c(Cl)ccc(F)c2Cl)n1. The Hall–Kier alpha value is -1.17. The zero-order valence-electron chi connectivity index (χ0n) is 10.4. The van der Waals surface area contributed by atoms with E-state index in [1.165, 1.54) is 12.1 Å². The van der Waals surface area contributed by atoms with Crippen LogP contribution in [0.4, 0.5) is 4.39 Å². The normalized spacial score (nSPS) is 12.7. The van der Waals surface area contributed by atoms with E-state index in [-0.39, 0.29) is 11.1 Å². The average Bonchev–Trinajstić information content (AvgIpc) is 2.78. The van der Waals surface area contributed by atoms with Crippen molar-refractivity contribution in [1.29, 1.82) is 0 Å². The molecular formula is C12H12Cl2FN3O. The van der Waals surface area contributed by atoms with Crippen molar-refractivity contribution in [2.45, 2.75) is 26.4 Å². The molecule has 1 unspecified atom stereocenters. The summed E-state index contributed by atoms with van der Waals surface area (Å²) in [6.45, 7) is 3.91. The first-order chi connectivity index (χ1) is 8.99. The van der Waals surface area contributed by atoms with E-state index in [0.717, 1.165) is 0 Å². The van der Waals surface area contributed by atoms with E-state index >= 15 is 0 Å². The van der Waals surface area contributed by atoms with Crippen LogP contribution in [0.3, 0.4) is 0 Å². The fourth-order valence-electron chi connectivity index (χ4n) is 1.69. The van der Waals surface area contributed by atoms with Crippen molar-refractivity contribution in [3.8, 4) is 0 Å². The van der Waals surface area contributed by atoms with Crippen LogP contribution in [0.1, 0.15) is 30.2 Å². The monoisotopic (exact) mass is 303 g/mol. The summed E-state index contributed by atoms with van der Waals surface area (Å²) in [5.41, 5.74) is 0.513. The lowest BCUT2D eigenvalue weighted by molar-refractivity contribution is 0.357. The predicted molar refractivity (Wildman–Crippen MR) is 70.7 cm³/mol. The van der Waals surface area contributed by atoms with Crippen molar-refractivity contribution in [3.05, 3.63) is 45.3 Å². The summed E-state index contributed by atoms with van der Waals surface area (Å²) in [4.78, 5) is 4.06. The van der Waals surface area contributed by atoms with Crippen molar-refractivity contribution < 1.29 is 8.91 Å². The zero-order chi connectivity index (χ0) is 14.0. The van der Waals surface area contributed by atoms with E-state index in [4.69, 9.17) is 27.7 Å². The van der Waals surface area contributed by atoms with Gasteiger partial charge in [-0.15, -0.1) is 0 Å². The Labute approximate surface area is 119 Å². The lowest BCUT2D eigenvalue weighted by Crippen LogP contribution is -2.19. The zero-order valence-corrected chi connectivity index (χ0v) is 11.9. The van der Waals surface area contributed by atoms with Gasteiger partial charge in [0.1, 0.15) is 5.82 Å². The molecule has 19 heavy (non-hydrogen) atoms. The molecule has 0 aliphatic rings. The molecule has 0 bridgehead atoms. The van der Waals surface area contributed by atoms with E-state index in [1.54, 1.807) is 6.92 Å². The summed E-state index contributed by atoms with van der Waals surface area (Å²) in [7, 11) is 0. The standard InChI is InChI=1S/C12H12Cl2FN3O/c1-6(16-5-10-17-7(2)18-19-10)11-8(13)3-4-9(15)12(11)14/h3-4,6,16H,5H2,1-2H3. The smallest absolute Gasteiger partial charge is 0.240 e. The second-order valence-electron chi connectivity index (χ2n) is 4.09. The molecule has 0 spiro atoms. The highest BCUT2D eigenvalue weighted by atomic mass is 35.5. The van der Waals surface area contributed by atoms with Crippen LogP contribution in [0.15, 0.2) is 16.7 Å². The molecule has 1 N–H and O–H groups in total. The van der Waals surface area contributed by atoms with Crippen LogP contribution in [-0.2, 0) is 6.54 Å². The van der Waals surface area contributed by atoms with Gasteiger partial charge in [0.05, 0.1) is 11.6 Å². The lowest BCUT2D eigenvalue weighted by Gasteiger charge is -2.16. The highest BCUT2D eigenvalue weighted by Gasteiger charge is 2.17. The number of hydrogen-bond acceptors (Lipinski definition) is 4. The van der Waals surface area contributed by atoms with Crippen LogP contribution in [0.25, 0.3) is 0 Å². The van der Waals surface area contributed by atoms with E-state index in [9.17, 15) is 4.39 Å². The minimum Gasteiger partial charge on any atom is -0.338 e. The van der Waals surface area contributed by atoms with Gasteiger partial charge in [-0.3, -0.25) is 0 Å². The second kappa shape index (κ2) is 5.86. The molecule has 1 heterocycles. The van der Waals surface area contributed by atoms with Gasteiger partial charge in [0.25, 0.3) is 0 Å². The fourth-order valence-corrected chi connectivity index (χ4v) is 2.39. The summed E-state index contributed by atoms with van der Waals surface area (Å²) in [5.74, 6) is 0.516. The third kappa shape index (κ3) is 3.23. The summed E-state index contributed by atoms with van der Waals surface area (Å²) in [6, 6.07) is 2.47. The molecular weight excluding hydrogens is 292 g/mol. The largest absolute Gasteiger partial charge is 0.338 e. The van der Waals surface area contributed by atoms with Gasteiger partial charge in [-0.05, 0) is 26.0 Å². The highest BCUT2D eigenvalue weighted by Crippen LogP contribution is 2.32. The van der Waals surface area contributed by atoms with Gasteiger partial charge in [0.15, 0.2) is 5.82 Å². The molecule has 102 valence electrons.